The van der Waals surface area contributed by atoms with Crippen LogP contribution in [0.4, 0.5) is 0 Å². The smallest absolute Gasteiger partial charge is 0.324 e. The summed E-state index contributed by atoms with van der Waals surface area (Å²) < 4.78 is 16.6. The Hall–Kier alpha value is -3.82. The number of esters is 1. The van der Waals surface area contributed by atoms with Gasteiger partial charge >= 0.3 is 5.97 Å². The second-order valence-electron chi connectivity index (χ2n) is 9.00. The van der Waals surface area contributed by atoms with Crippen molar-refractivity contribution < 1.29 is 33.7 Å². The maximum atomic E-state index is 13.9. The molecule has 4 rings (SSSR count). The van der Waals surface area contributed by atoms with E-state index in [1.165, 1.54) is 19.1 Å². The van der Waals surface area contributed by atoms with Crippen molar-refractivity contribution in [2.24, 2.45) is 11.7 Å². The Bertz CT molecular complexity index is 1280. The number of ether oxygens (including phenoxy) is 3. The molecular formula is C29H29NO7S. The summed E-state index contributed by atoms with van der Waals surface area (Å²) in [6.07, 6.45) is -0.702. The van der Waals surface area contributed by atoms with Gasteiger partial charge in [-0.05, 0) is 53.8 Å². The van der Waals surface area contributed by atoms with Gasteiger partial charge in [-0.1, -0.05) is 60.3 Å². The molecule has 0 saturated carbocycles. The van der Waals surface area contributed by atoms with Gasteiger partial charge in [-0.25, -0.2) is 0 Å². The Morgan fingerprint density at radius 2 is 1.63 bits per heavy atom. The van der Waals surface area contributed by atoms with Crippen LogP contribution in [0.3, 0.4) is 0 Å². The maximum Gasteiger partial charge on any atom is 0.324 e. The number of carbonyl (C=O) groups excluding carboxylic acids is 3. The molecule has 38 heavy (non-hydrogen) atoms. The molecule has 0 saturated heterocycles. The average Bonchev–Trinajstić information content (AvgIpc) is 3.39. The lowest BCUT2D eigenvalue weighted by Crippen LogP contribution is -2.38. The third-order valence-corrected chi connectivity index (χ3v) is 7.07. The fraction of sp³-hybridized carbons (Fsp3) is 0.276. The maximum absolute atomic E-state index is 13.9. The quantitative estimate of drug-likeness (QED) is 0.351. The summed E-state index contributed by atoms with van der Waals surface area (Å²) in [6.45, 7) is 1.58. The fourth-order valence-corrected chi connectivity index (χ4v) is 4.84. The number of ketones is 1. The Kier molecular flexibility index (Phi) is 9.04. The molecule has 0 aliphatic carbocycles. The third kappa shape index (κ3) is 7.14. The topological polar surface area (TPSA) is 125 Å². The van der Waals surface area contributed by atoms with Gasteiger partial charge in [0, 0.05) is 18.6 Å². The van der Waals surface area contributed by atoms with E-state index in [9.17, 15) is 19.5 Å². The van der Waals surface area contributed by atoms with Crippen molar-refractivity contribution in [2.75, 3.05) is 12.5 Å². The minimum absolute atomic E-state index is 0.108. The molecule has 3 aromatic rings. The molecule has 0 aromatic heterocycles. The zero-order valence-electron chi connectivity index (χ0n) is 20.9. The SMILES string of the molecule is CC(=O)SCC(Cc1ccc2c(c1)OCO2)C(=O)[C@@H](OC(=O)[C@@H](N)Cc1ccc(O)cc1)c1ccccc1. The number of phenols is 1. The number of carbonyl (C=O) groups is 3. The van der Waals surface area contributed by atoms with Crippen LogP contribution in [0.25, 0.3) is 0 Å². The van der Waals surface area contributed by atoms with E-state index in [0.717, 1.165) is 22.9 Å². The zero-order chi connectivity index (χ0) is 27.1. The van der Waals surface area contributed by atoms with Gasteiger partial charge in [0.2, 0.25) is 6.79 Å². The summed E-state index contributed by atoms with van der Waals surface area (Å²) in [5, 5.41) is 9.38. The molecule has 0 spiro atoms. The highest BCUT2D eigenvalue weighted by molar-refractivity contribution is 8.13. The zero-order valence-corrected chi connectivity index (χ0v) is 21.7. The molecule has 3 aromatic carbocycles. The van der Waals surface area contributed by atoms with Crippen LogP contribution in [0.15, 0.2) is 72.8 Å². The average molecular weight is 536 g/mol. The summed E-state index contributed by atoms with van der Waals surface area (Å²) in [5.41, 5.74) is 8.24. The van der Waals surface area contributed by atoms with Crippen LogP contribution in [-0.2, 0) is 32.0 Å². The molecule has 0 bridgehead atoms. The van der Waals surface area contributed by atoms with Gasteiger partial charge in [0.15, 0.2) is 28.5 Å². The lowest BCUT2D eigenvalue weighted by Gasteiger charge is -2.24. The highest BCUT2D eigenvalue weighted by Gasteiger charge is 2.33. The molecule has 8 nitrogen and oxygen atoms in total. The van der Waals surface area contributed by atoms with Crippen molar-refractivity contribution in [3.8, 4) is 17.2 Å². The molecule has 198 valence electrons. The second kappa shape index (κ2) is 12.6. The first-order valence-corrected chi connectivity index (χ1v) is 13.1. The second-order valence-corrected chi connectivity index (χ2v) is 10.2. The van der Waals surface area contributed by atoms with E-state index in [2.05, 4.69) is 0 Å². The van der Waals surface area contributed by atoms with Crippen molar-refractivity contribution in [1.82, 2.24) is 0 Å². The van der Waals surface area contributed by atoms with Gasteiger partial charge in [0.25, 0.3) is 0 Å². The summed E-state index contributed by atoms with van der Waals surface area (Å²) in [7, 11) is 0. The van der Waals surface area contributed by atoms with Crippen molar-refractivity contribution in [2.45, 2.75) is 31.9 Å². The molecule has 1 heterocycles. The number of hydrogen-bond donors (Lipinski definition) is 2. The molecule has 1 aliphatic rings. The standard InChI is InChI=1S/C29H29NO7S/c1-18(31)38-16-22(13-20-9-12-25-26(15-20)36-17-35-25)27(33)28(21-5-3-2-4-6-21)37-29(34)24(30)14-19-7-10-23(32)11-8-19/h2-12,15,22,24,28,32H,13-14,16-17,30H2,1H3/t22?,24-,28-/m0/s1. The lowest BCUT2D eigenvalue weighted by atomic mass is 9.91. The van der Waals surface area contributed by atoms with Crippen LogP contribution < -0.4 is 15.2 Å². The van der Waals surface area contributed by atoms with E-state index in [1.807, 2.05) is 12.1 Å². The fourth-order valence-electron chi connectivity index (χ4n) is 4.12. The highest BCUT2D eigenvalue weighted by atomic mass is 32.2. The number of benzene rings is 3. The molecule has 9 heteroatoms. The summed E-state index contributed by atoms with van der Waals surface area (Å²) in [6, 6.07) is 19.6. The number of Topliss-reactive ketones (excluding diaryl/α,β-unsaturated/α-hetero) is 1. The lowest BCUT2D eigenvalue weighted by molar-refractivity contribution is -0.158. The predicted octanol–water partition coefficient (Wildman–Crippen LogP) is 3.98. The number of aromatic hydroxyl groups is 1. The van der Waals surface area contributed by atoms with Crippen LogP contribution >= 0.6 is 11.8 Å². The molecule has 0 fully saturated rings. The van der Waals surface area contributed by atoms with Crippen molar-refractivity contribution in [3.63, 3.8) is 0 Å². The van der Waals surface area contributed by atoms with Gasteiger partial charge in [-0.2, -0.15) is 0 Å². The highest BCUT2D eigenvalue weighted by Crippen LogP contribution is 2.34. The first-order chi connectivity index (χ1) is 18.3. The van der Waals surface area contributed by atoms with E-state index < -0.39 is 24.0 Å². The minimum Gasteiger partial charge on any atom is -0.508 e. The Balaban J connectivity index is 1.55. The Morgan fingerprint density at radius 3 is 2.34 bits per heavy atom. The normalized spacial score (nSPS) is 14.4. The molecule has 0 amide bonds. The van der Waals surface area contributed by atoms with Gasteiger partial charge in [-0.15, -0.1) is 0 Å². The molecule has 3 N–H and O–H groups in total. The monoisotopic (exact) mass is 535 g/mol. The molecule has 0 radical (unpaired) electrons. The Morgan fingerprint density at radius 1 is 0.947 bits per heavy atom. The Labute approximate surface area is 225 Å². The predicted molar refractivity (Wildman–Crippen MR) is 143 cm³/mol. The molecule has 1 aliphatic heterocycles. The number of rotatable bonds is 11. The molecule has 1 unspecified atom stereocenters. The number of hydrogen-bond acceptors (Lipinski definition) is 9. The van der Waals surface area contributed by atoms with Crippen LogP contribution in [0, 0.1) is 5.92 Å². The number of phenolic OH excluding ortho intramolecular Hbond substituents is 1. The number of thioether (sulfide) groups is 1. The van der Waals surface area contributed by atoms with E-state index in [4.69, 9.17) is 19.9 Å². The first kappa shape index (κ1) is 27.2. The van der Waals surface area contributed by atoms with Crippen LogP contribution in [0.5, 0.6) is 17.2 Å². The van der Waals surface area contributed by atoms with E-state index in [-0.39, 0.29) is 35.6 Å². The van der Waals surface area contributed by atoms with Crippen molar-refractivity contribution in [1.29, 1.82) is 0 Å². The van der Waals surface area contributed by atoms with Crippen molar-refractivity contribution in [3.05, 3.63) is 89.5 Å². The summed E-state index contributed by atoms with van der Waals surface area (Å²) in [5.74, 6) is -0.114. The summed E-state index contributed by atoms with van der Waals surface area (Å²) in [4.78, 5) is 38.7. The van der Waals surface area contributed by atoms with E-state index >= 15 is 0 Å². The van der Waals surface area contributed by atoms with Crippen LogP contribution in [0.2, 0.25) is 0 Å². The number of fused-ring (bicyclic) bond motifs is 1. The van der Waals surface area contributed by atoms with Gasteiger partial charge < -0.3 is 25.1 Å². The van der Waals surface area contributed by atoms with Crippen LogP contribution in [-0.4, -0.2) is 40.6 Å². The summed E-state index contributed by atoms with van der Waals surface area (Å²) >= 11 is 1.05. The van der Waals surface area contributed by atoms with Gasteiger partial charge in [0.1, 0.15) is 11.8 Å². The van der Waals surface area contributed by atoms with E-state index in [0.29, 0.717) is 23.5 Å². The molecular weight excluding hydrogens is 506 g/mol. The largest absolute Gasteiger partial charge is 0.508 e. The van der Waals surface area contributed by atoms with Crippen LogP contribution in [0.1, 0.15) is 29.7 Å². The van der Waals surface area contributed by atoms with Gasteiger partial charge in [-0.3, -0.25) is 14.4 Å². The number of nitrogens with two attached hydrogens (primary N) is 1. The van der Waals surface area contributed by atoms with E-state index in [1.54, 1.807) is 48.5 Å². The third-order valence-electron chi connectivity index (χ3n) is 6.10. The molecule has 3 atom stereocenters. The van der Waals surface area contributed by atoms with Crippen molar-refractivity contribution >= 4 is 28.6 Å². The first-order valence-electron chi connectivity index (χ1n) is 12.1. The van der Waals surface area contributed by atoms with Gasteiger partial charge in [0.05, 0.1) is 0 Å². The minimum atomic E-state index is -1.19.